The van der Waals surface area contributed by atoms with Gasteiger partial charge >= 0.3 is 0 Å². The zero-order chi connectivity index (χ0) is 14.5. The van der Waals surface area contributed by atoms with Crippen LogP contribution in [0.5, 0.6) is 5.75 Å². The van der Waals surface area contributed by atoms with Gasteiger partial charge in [-0.3, -0.25) is 0 Å². The van der Waals surface area contributed by atoms with Gasteiger partial charge in [0.15, 0.2) is 0 Å². The molecule has 1 unspecified atom stereocenters. The van der Waals surface area contributed by atoms with Crippen LogP contribution in [0, 0.1) is 5.92 Å². The number of halogens is 3. The Kier molecular flexibility index (Phi) is 6.51. The minimum Gasteiger partial charge on any atom is -0.495 e. The van der Waals surface area contributed by atoms with Crippen molar-refractivity contribution in [3.63, 3.8) is 0 Å². The largest absolute Gasteiger partial charge is 0.495 e. The average Bonchev–Trinajstić information content (AvgIpc) is 2.40. The van der Waals surface area contributed by atoms with E-state index in [1.807, 2.05) is 12.1 Å². The second kappa shape index (κ2) is 7.91. The molecule has 20 heavy (non-hydrogen) atoms. The van der Waals surface area contributed by atoms with Crippen molar-refractivity contribution in [1.29, 1.82) is 0 Å². The molecule has 2 rings (SSSR count). The van der Waals surface area contributed by atoms with Crippen molar-refractivity contribution in [2.45, 2.75) is 49.8 Å². The van der Waals surface area contributed by atoms with Gasteiger partial charge in [0.25, 0.3) is 0 Å². The predicted octanol–water partition coefficient (Wildman–Crippen LogP) is 6.80. The molecule has 1 aliphatic rings. The number of methoxy groups -OCH3 is 1. The number of hydrogen-bond acceptors (Lipinski definition) is 1. The number of benzene rings is 1. The van der Waals surface area contributed by atoms with E-state index in [1.54, 1.807) is 7.11 Å². The van der Waals surface area contributed by atoms with Crippen molar-refractivity contribution >= 4 is 39.1 Å². The molecule has 0 radical (unpaired) electrons. The van der Waals surface area contributed by atoms with Crippen LogP contribution < -0.4 is 4.74 Å². The molecule has 1 aromatic carbocycles. The van der Waals surface area contributed by atoms with E-state index in [0.717, 1.165) is 10.6 Å². The molecule has 1 atom stereocenters. The minimum atomic E-state index is 0.275. The Labute approximate surface area is 140 Å². The molecule has 1 nitrogen and oxygen atoms in total. The highest BCUT2D eigenvalue weighted by Crippen LogP contribution is 2.44. The Morgan fingerprint density at radius 3 is 2.25 bits per heavy atom. The Bertz CT molecular complexity index is 442. The van der Waals surface area contributed by atoms with Crippen molar-refractivity contribution in [2.75, 3.05) is 7.11 Å². The lowest BCUT2D eigenvalue weighted by Gasteiger charge is -2.26. The molecule has 0 aromatic heterocycles. The molecule has 1 saturated carbocycles. The lowest BCUT2D eigenvalue weighted by atomic mass is 9.86. The van der Waals surface area contributed by atoms with Gasteiger partial charge in [0, 0.05) is 15.9 Å². The molecule has 1 fully saturated rings. The van der Waals surface area contributed by atoms with E-state index in [2.05, 4.69) is 15.9 Å². The molecule has 1 aliphatic carbocycles. The van der Waals surface area contributed by atoms with Crippen LogP contribution in [-0.2, 0) is 0 Å². The Hall–Kier alpha value is 0.0800. The molecule has 0 aliphatic heterocycles. The van der Waals surface area contributed by atoms with Crippen molar-refractivity contribution in [2.24, 2.45) is 5.92 Å². The van der Waals surface area contributed by atoms with Crippen LogP contribution in [0.2, 0.25) is 10.0 Å². The van der Waals surface area contributed by atoms with Gasteiger partial charge in [0.2, 0.25) is 0 Å². The number of rotatable bonds is 3. The second-order valence-corrected chi connectivity index (χ2v) is 7.32. The number of alkyl halides is 1. The van der Waals surface area contributed by atoms with Crippen LogP contribution >= 0.6 is 39.1 Å². The molecule has 0 N–H and O–H groups in total. The molecular weight excluding hydrogens is 359 g/mol. The van der Waals surface area contributed by atoms with Crippen LogP contribution in [0.4, 0.5) is 0 Å². The topological polar surface area (TPSA) is 9.23 Å². The first-order valence-corrected chi connectivity index (χ1v) is 8.97. The molecule has 0 spiro atoms. The first-order valence-electron chi connectivity index (χ1n) is 7.30. The average molecular weight is 380 g/mol. The van der Waals surface area contributed by atoms with E-state index in [0.29, 0.717) is 16.7 Å². The van der Waals surface area contributed by atoms with E-state index >= 15 is 0 Å². The first kappa shape index (κ1) is 16.5. The van der Waals surface area contributed by atoms with Crippen molar-refractivity contribution in [3.8, 4) is 5.75 Å². The van der Waals surface area contributed by atoms with Gasteiger partial charge in [0.05, 0.1) is 12.1 Å². The number of hydrogen-bond donors (Lipinski definition) is 0. The predicted molar refractivity (Wildman–Crippen MR) is 90.5 cm³/mol. The summed E-state index contributed by atoms with van der Waals surface area (Å²) in [5.41, 5.74) is 1.09. The van der Waals surface area contributed by atoms with Crippen molar-refractivity contribution in [1.82, 2.24) is 0 Å². The van der Waals surface area contributed by atoms with E-state index in [4.69, 9.17) is 27.9 Å². The summed E-state index contributed by atoms with van der Waals surface area (Å²) in [6.07, 6.45) is 9.24. The standard InChI is InChI=1S/C16H21BrCl2O/c1-20-15-10-13(18)12(9-14(15)19)16(17)11-7-5-3-2-4-6-8-11/h9-11,16H,2-8H2,1H3. The highest BCUT2D eigenvalue weighted by molar-refractivity contribution is 9.09. The molecule has 112 valence electrons. The lowest BCUT2D eigenvalue weighted by molar-refractivity contribution is 0.374. The summed E-state index contributed by atoms with van der Waals surface area (Å²) < 4.78 is 5.21. The molecule has 1 aromatic rings. The van der Waals surface area contributed by atoms with Crippen LogP contribution in [-0.4, -0.2) is 7.11 Å². The van der Waals surface area contributed by atoms with Gasteiger partial charge in [-0.25, -0.2) is 0 Å². The van der Waals surface area contributed by atoms with Gasteiger partial charge < -0.3 is 4.74 Å². The third-order valence-electron chi connectivity index (χ3n) is 4.13. The van der Waals surface area contributed by atoms with Gasteiger partial charge in [0.1, 0.15) is 5.75 Å². The fourth-order valence-corrected chi connectivity index (χ4v) is 4.51. The monoisotopic (exact) mass is 378 g/mol. The summed E-state index contributed by atoms with van der Waals surface area (Å²) in [5, 5.41) is 1.36. The molecule has 0 amide bonds. The fraction of sp³-hybridized carbons (Fsp3) is 0.625. The van der Waals surface area contributed by atoms with Crippen LogP contribution in [0.1, 0.15) is 55.3 Å². The second-order valence-electron chi connectivity index (χ2n) is 5.52. The SMILES string of the molecule is COc1cc(Cl)c(C(Br)C2CCCCCCC2)cc1Cl. The van der Waals surface area contributed by atoms with Gasteiger partial charge in [-0.05, 0) is 30.4 Å². The Morgan fingerprint density at radius 1 is 1.05 bits per heavy atom. The zero-order valence-corrected chi connectivity index (χ0v) is 14.9. The third kappa shape index (κ3) is 4.05. The quantitative estimate of drug-likeness (QED) is 0.524. The van der Waals surface area contributed by atoms with Gasteiger partial charge in [-0.1, -0.05) is 71.2 Å². The molecule has 0 saturated heterocycles. The summed E-state index contributed by atoms with van der Waals surface area (Å²) >= 11 is 16.5. The third-order valence-corrected chi connectivity index (χ3v) is 6.00. The molecular formula is C16H21BrCl2O. The normalized spacial score (nSPS) is 19.2. The van der Waals surface area contributed by atoms with E-state index < -0.39 is 0 Å². The maximum Gasteiger partial charge on any atom is 0.138 e. The maximum absolute atomic E-state index is 6.40. The van der Waals surface area contributed by atoms with E-state index in [9.17, 15) is 0 Å². The van der Waals surface area contributed by atoms with Crippen LogP contribution in [0.25, 0.3) is 0 Å². The number of ether oxygens (including phenoxy) is 1. The van der Waals surface area contributed by atoms with Gasteiger partial charge in [-0.2, -0.15) is 0 Å². The fourth-order valence-electron chi connectivity index (χ4n) is 2.95. The van der Waals surface area contributed by atoms with Gasteiger partial charge in [-0.15, -0.1) is 0 Å². The van der Waals surface area contributed by atoms with Crippen LogP contribution in [0.3, 0.4) is 0 Å². The lowest BCUT2D eigenvalue weighted by Crippen LogP contribution is -2.10. The zero-order valence-electron chi connectivity index (χ0n) is 11.8. The maximum atomic E-state index is 6.40. The van der Waals surface area contributed by atoms with Crippen LogP contribution in [0.15, 0.2) is 12.1 Å². The molecule has 4 heteroatoms. The first-order chi connectivity index (χ1) is 9.63. The minimum absolute atomic E-state index is 0.275. The molecule has 0 bridgehead atoms. The highest BCUT2D eigenvalue weighted by atomic mass is 79.9. The summed E-state index contributed by atoms with van der Waals surface area (Å²) in [6.45, 7) is 0. The summed E-state index contributed by atoms with van der Waals surface area (Å²) in [5.74, 6) is 1.27. The summed E-state index contributed by atoms with van der Waals surface area (Å²) in [4.78, 5) is 0.275. The Morgan fingerprint density at radius 2 is 1.65 bits per heavy atom. The molecule has 0 heterocycles. The smallest absolute Gasteiger partial charge is 0.138 e. The summed E-state index contributed by atoms with van der Waals surface area (Å²) in [6, 6.07) is 3.76. The van der Waals surface area contributed by atoms with Crippen molar-refractivity contribution in [3.05, 3.63) is 27.7 Å². The van der Waals surface area contributed by atoms with Crippen molar-refractivity contribution < 1.29 is 4.74 Å². The summed E-state index contributed by atoms with van der Waals surface area (Å²) in [7, 11) is 1.61. The van der Waals surface area contributed by atoms with E-state index in [1.165, 1.54) is 44.9 Å². The Balaban J connectivity index is 2.18. The highest BCUT2D eigenvalue weighted by Gasteiger charge is 2.24. The van der Waals surface area contributed by atoms with E-state index in [-0.39, 0.29) is 4.83 Å².